The first-order valence-corrected chi connectivity index (χ1v) is 6.92. The second-order valence-electron chi connectivity index (χ2n) is 5.46. The van der Waals surface area contributed by atoms with Gasteiger partial charge in [0.25, 0.3) is 0 Å². The van der Waals surface area contributed by atoms with Crippen molar-refractivity contribution >= 4 is 0 Å². The van der Waals surface area contributed by atoms with Crippen molar-refractivity contribution in [3.8, 4) is 5.75 Å². The lowest BCUT2D eigenvalue weighted by molar-refractivity contribution is -0.0163. The number of hydrogen-bond acceptors (Lipinski definition) is 5. The highest BCUT2D eigenvalue weighted by Gasteiger charge is 2.09. The first-order chi connectivity index (χ1) is 9.51. The van der Waals surface area contributed by atoms with E-state index in [0.717, 1.165) is 24.5 Å². The molecule has 0 unspecified atom stereocenters. The average molecular weight is 282 g/mol. The van der Waals surface area contributed by atoms with Crippen molar-refractivity contribution in [2.45, 2.75) is 32.9 Å². The molecule has 0 saturated carbocycles. The van der Waals surface area contributed by atoms with E-state index in [4.69, 9.17) is 14.2 Å². The van der Waals surface area contributed by atoms with E-state index in [9.17, 15) is 0 Å². The zero-order chi connectivity index (χ0) is 14.8. The number of nitrogens with zero attached hydrogens (tertiary/aromatic N) is 1. The molecule has 1 N–H and O–H groups in total. The number of pyridine rings is 1. The largest absolute Gasteiger partial charge is 0.490 e. The van der Waals surface area contributed by atoms with E-state index >= 15 is 0 Å². The highest BCUT2D eigenvalue weighted by Crippen LogP contribution is 2.10. The van der Waals surface area contributed by atoms with Crippen molar-refractivity contribution in [1.29, 1.82) is 0 Å². The fraction of sp³-hybridized carbons (Fsp3) is 0.667. The highest BCUT2D eigenvalue weighted by molar-refractivity contribution is 5.19. The lowest BCUT2D eigenvalue weighted by Gasteiger charge is -2.19. The molecule has 0 saturated heterocycles. The van der Waals surface area contributed by atoms with E-state index in [-0.39, 0.29) is 5.60 Å². The molecule has 0 fully saturated rings. The molecule has 0 radical (unpaired) electrons. The van der Waals surface area contributed by atoms with Gasteiger partial charge in [-0.25, -0.2) is 0 Å². The molecule has 1 aromatic rings. The van der Waals surface area contributed by atoms with Crippen molar-refractivity contribution in [3.63, 3.8) is 0 Å². The van der Waals surface area contributed by atoms with Gasteiger partial charge in [0.1, 0.15) is 12.4 Å². The summed E-state index contributed by atoms with van der Waals surface area (Å²) in [4.78, 5) is 4.33. The number of rotatable bonds is 9. The van der Waals surface area contributed by atoms with Crippen LogP contribution in [0.5, 0.6) is 5.75 Å². The van der Waals surface area contributed by atoms with Crippen molar-refractivity contribution in [3.05, 3.63) is 24.0 Å². The Hall–Kier alpha value is -1.17. The van der Waals surface area contributed by atoms with Gasteiger partial charge in [-0.3, -0.25) is 4.98 Å². The number of hydrogen-bond donors (Lipinski definition) is 1. The maximum atomic E-state index is 5.58. The van der Waals surface area contributed by atoms with Crippen LogP contribution in [0.3, 0.4) is 0 Å². The second-order valence-corrected chi connectivity index (χ2v) is 5.46. The van der Waals surface area contributed by atoms with E-state index in [0.29, 0.717) is 19.8 Å². The Morgan fingerprint density at radius 2 is 1.95 bits per heavy atom. The zero-order valence-corrected chi connectivity index (χ0v) is 12.9. The summed E-state index contributed by atoms with van der Waals surface area (Å²) in [6.45, 7) is 9.44. The summed E-state index contributed by atoms with van der Waals surface area (Å²) in [5.41, 5.74) is 0.860. The summed E-state index contributed by atoms with van der Waals surface area (Å²) in [6.07, 6.45) is 1.74. The normalized spacial score (nSPS) is 11.6. The van der Waals surface area contributed by atoms with Gasteiger partial charge in [0, 0.05) is 20.2 Å². The third-order valence-corrected chi connectivity index (χ3v) is 2.47. The summed E-state index contributed by atoms with van der Waals surface area (Å²) in [5.74, 6) is 0.767. The van der Waals surface area contributed by atoms with Gasteiger partial charge in [-0.1, -0.05) is 0 Å². The SMILES string of the molecule is COCCNCc1ccc(OCCOC(C)(C)C)cn1. The van der Waals surface area contributed by atoms with Crippen LogP contribution in [0.1, 0.15) is 26.5 Å². The highest BCUT2D eigenvalue weighted by atomic mass is 16.5. The average Bonchev–Trinajstić information content (AvgIpc) is 2.40. The first kappa shape index (κ1) is 16.9. The molecule has 0 aliphatic rings. The minimum atomic E-state index is -0.126. The number of nitrogens with one attached hydrogen (secondary N) is 1. The van der Waals surface area contributed by atoms with Crippen LogP contribution in [-0.4, -0.2) is 44.1 Å². The van der Waals surface area contributed by atoms with Crippen LogP contribution in [0.15, 0.2) is 18.3 Å². The molecule has 5 heteroatoms. The van der Waals surface area contributed by atoms with Gasteiger partial charge in [-0.05, 0) is 32.9 Å². The molecular formula is C15H26N2O3. The molecule has 1 aromatic heterocycles. The molecule has 0 amide bonds. The Labute approximate surface area is 121 Å². The predicted molar refractivity (Wildman–Crippen MR) is 79.0 cm³/mol. The van der Waals surface area contributed by atoms with Crippen LogP contribution in [0.25, 0.3) is 0 Å². The Bertz CT molecular complexity index is 360. The Morgan fingerprint density at radius 1 is 1.15 bits per heavy atom. The Kier molecular flexibility index (Phi) is 7.51. The van der Waals surface area contributed by atoms with Gasteiger partial charge in [0.2, 0.25) is 0 Å². The molecule has 114 valence electrons. The molecule has 1 rings (SSSR count). The minimum Gasteiger partial charge on any atom is -0.490 e. The maximum Gasteiger partial charge on any atom is 0.137 e. The molecule has 0 aliphatic heterocycles. The molecule has 0 bridgehead atoms. The van der Waals surface area contributed by atoms with E-state index in [2.05, 4.69) is 10.3 Å². The van der Waals surface area contributed by atoms with Gasteiger partial charge in [0.15, 0.2) is 0 Å². The van der Waals surface area contributed by atoms with E-state index in [1.54, 1.807) is 13.3 Å². The first-order valence-electron chi connectivity index (χ1n) is 6.92. The molecule has 20 heavy (non-hydrogen) atoms. The Morgan fingerprint density at radius 3 is 2.55 bits per heavy atom. The minimum absolute atomic E-state index is 0.126. The third kappa shape index (κ3) is 8.09. The fourth-order valence-electron chi connectivity index (χ4n) is 1.50. The quantitative estimate of drug-likeness (QED) is 0.702. The number of aromatic nitrogens is 1. The lowest BCUT2D eigenvalue weighted by Crippen LogP contribution is -2.22. The zero-order valence-electron chi connectivity index (χ0n) is 12.9. The summed E-state index contributed by atoms with van der Waals surface area (Å²) in [6, 6.07) is 3.89. The van der Waals surface area contributed by atoms with Gasteiger partial charge in [-0.15, -0.1) is 0 Å². The fourth-order valence-corrected chi connectivity index (χ4v) is 1.50. The van der Waals surface area contributed by atoms with Gasteiger partial charge in [0.05, 0.1) is 30.7 Å². The monoisotopic (exact) mass is 282 g/mol. The number of ether oxygens (including phenoxy) is 3. The van der Waals surface area contributed by atoms with Crippen molar-refractivity contribution in [2.75, 3.05) is 33.5 Å². The number of methoxy groups -OCH3 is 1. The topological polar surface area (TPSA) is 52.6 Å². The predicted octanol–water partition coefficient (Wildman–Crippen LogP) is 2.01. The van der Waals surface area contributed by atoms with Crippen molar-refractivity contribution in [1.82, 2.24) is 10.3 Å². The Balaban J connectivity index is 2.21. The lowest BCUT2D eigenvalue weighted by atomic mass is 10.2. The van der Waals surface area contributed by atoms with Crippen LogP contribution in [0.2, 0.25) is 0 Å². The molecule has 0 aromatic carbocycles. The van der Waals surface area contributed by atoms with Crippen LogP contribution in [-0.2, 0) is 16.0 Å². The standard InChI is InChI=1S/C15H26N2O3/c1-15(2,3)20-10-9-19-14-6-5-13(17-12-14)11-16-7-8-18-4/h5-6,12,16H,7-11H2,1-4H3. The summed E-state index contributed by atoms with van der Waals surface area (Å²) >= 11 is 0. The van der Waals surface area contributed by atoms with Crippen LogP contribution in [0.4, 0.5) is 0 Å². The van der Waals surface area contributed by atoms with Crippen LogP contribution >= 0.6 is 0 Å². The molecule has 1 heterocycles. The van der Waals surface area contributed by atoms with Crippen molar-refractivity contribution < 1.29 is 14.2 Å². The molecule has 0 spiro atoms. The van der Waals surface area contributed by atoms with Gasteiger partial charge in [-0.2, -0.15) is 0 Å². The maximum absolute atomic E-state index is 5.58. The smallest absolute Gasteiger partial charge is 0.137 e. The van der Waals surface area contributed by atoms with Gasteiger partial charge >= 0.3 is 0 Å². The van der Waals surface area contributed by atoms with E-state index < -0.39 is 0 Å². The van der Waals surface area contributed by atoms with Crippen LogP contribution in [0, 0.1) is 0 Å². The van der Waals surface area contributed by atoms with Gasteiger partial charge < -0.3 is 19.5 Å². The molecule has 0 atom stereocenters. The second kappa shape index (κ2) is 8.89. The van der Waals surface area contributed by atoms with E-state index in [1.807, 2.05) is 32.9 Å². The summed E-state index contributed by atoms with van der Waals surface area (Å²) in [5, 5.41) is 3.24. The van der Waals surface area contributed by atoms with Crippen molar-refractivity contribution in [2.24, 2.45) is 0 Å². The van der Waals surface area contributed by atoms with Crippen LogP contribution < -0.4 is 10.1 Å². The van der Waals surface area contributed by atoms with E-state index in [1.165, 1.54) is 0 Å². The molecule has 0 aliphatic carbocycles. The third-order valence-electron chi connectivity index (χ3n) is 2.47. The summed E-state index contributed by atoms with van der Waals surface area (Å²) in [7, 11) is 1.69. The molecule has 5 nitrogen and oxygen atoms in total. The summed E-state index contributed by atoms with van der Waals surface area (Å²) < 4.78 is 16.1. The molecular weight excluding hydrogens is 256 g/mol.